The zero-order valence-electron chi connectivity index (χ0n) is 10.3. The fraction of sp³-hybridized carbons (Fsp3) is 0.500. The predicted octanol–water partition coefficient (Wildman–Crippen LogP) is 0.214. The largest absolute Gasteiger partial charge is 0.468 e. The van der Waals surface area contributed by atoms with Crippen LogP contribution in [-0.4, -0.2) is 40.7 Å². The lowest BCUT2D eigenvalue weighted by molar-refractivity contribution is 0.362. The number of nitrogens with zero attached hydrogens (tertiary/aromatic N) is 4. The van der Waals surface area contributed by atoms with Gasteiger partial charge in [0.15, 0.2) is 11.2 Å². The number of nitrogens with one attached hydrogen (secondary N) is 1. The molecule has 0 saturated carbocycles. The van der Waals surface area contributed by atoms with E-state index in [1.54, 1.807) is 9.47 Å². The molecule has 0 aromatic carbocycles. The first-order valence-corrected chi connectivity index (χ1v) is 5.30. The van der Waals surface area contributed by atoms with Crippen molar-refractivity contribution in [1.82, 2.24) is 19.5 Å². The summed E-state index contributed by atoms with van der Waals surface area (Å²) in [7, 11) is 5.15. The number of imidazole rings is 1. The minimum atomic E-state index is -0.260. The van der Waals surface area contributed by atoms with E-state index < -0.39 is 0 Å². The third-order valence-electron chi connectivity index (χ3n) is 2.48. The maximum Gasteiger partial charge on any atom is 0.298 e. The Morgan fingerprint density at radius 1 is 1.41 bits per heavy atom. The van der Waals surface area contributed by atoms with Crippen molar-refractivity contribution in [3.8, 4) is 6.01 Å². The average molecular weight is 237 g/mol. The average Bonchev–Trinajstić information content (AvgIpc) is 2.66. The zero-order valence-corrected chi connectivity index (χ0v) is 10.3. The van der Waals surface area contributed by atoms with Gasteiger partial charge in [0.05, 0.1) is 7.11 Å². The van der Waals surface area contributed by atoms with Crippen molar-refractivity contribution in [1.29, 1.82) is 0 Å². The Bertz CT molecular complexity index is 598. The van der Waals surface area contributed by atoms with E-state index in [0.717, 1.165) is 0 Å². The number of H-pyrrole nitrogens is 1. The quantitative estimate of drug-likeness (QED) is 0.826. The highest BCUT2D eigenvalue weighted by atomic mass is 16.5. The topological polar surface area (TPSA) is 76.0 Å². The second-order valence-electron chi connectivity index (χ2n) is 3.80. The van der Waals surface area contributed by atoms with Crippen LogP contribution in [0.3, 0.4) is 0 Å². The SMILES string of the molecule is CCn1c(OC)nc2c(=O)[nH]c(N(C)C)nc21. The van der Waals surface area contributed by atoms with Gasteiger partial charge in [-0.25, -0.2) is 0 Å². The lowest BCUT2D eigenvalue weighted by atomic mass is 10.5. The first kappa shape index (κ1) is 11.4. The summed E-state index contributed by atoms with van der Waals surface area (Å²) in [6.07, 6.45) is 0. The monoisotopic (exact) mass is 237 g/mol. The van der Waals surface area contributed by atoms with Crippen LogP contribution < -0.4 is 15.2 Å². The molecule has 2 aromatic rings. The van der Waals surface area contributed by atoms with Gasteiger partial charge in [-0.2, -0.15) is 9.97 Å². The van der Waals surface area contributed by atoms with Gasteiger partial charge in [0.2, 0.25) is 5.95 Å². The van der Waals surface area contributed by atoms with Gasteiger partial charge >= 0.3 is 0 Å². The summed E-state index contributed by atoms with van der Waals surface area (Å²) in [6.45, 7) is 2.59. The molecule has 17 heavy (non-hydrogen) atoms. The molecule has 2 rings (SSSR count). The highest BCUT2D eigenvalue weighted by Gasteiger charge is 2.15. The summed E-state index contributed by atoms with van der Waals surface area (Å²) < 4.78 is 6.88. The third kappa shape index (κ3) is 1.73. The van der Waals surface area contributed by atoms with Crippen molar-refractivity contribution in [3.63, 3.8) is 0 Å². The van der Waals surface area contributed by atoms with E-state index in [-0.39, 0.29) is 5.56 Å². The molecule has 0 radical (unpaired) electrons. The minimum Gasteiger partial charge on any atom is -0.468 e. The van der Waals surface area contributed by atoms with Gasteiger partial charge in [-0.05, 0) is 6.92 Å². The van der Waals surface area contributed by atoms with Gasteiger partial charge in [-0.15, -0.1) is 0 Å². The van der Waals surface area contributed by atoms with E-state index >= 15 is 0 Å². The van der Waals surface area contributed by atoms with E-state index in [0.29, 0.717) is 29.7 Å². The fourth-order valence-corrected chi connectivity index (χ4v) is 1.63. The van der Waals surface area contributed by atoms with Crippen molar-refractivity contribution < 1.29 is 4.74 Å². The Hall–Kier alpha value is -2.05. The number of fused-ring (bicyclic) bond motifs is 1. The van der Waals surface area contributed by atoms with E-state index in [9.17, 15) is 4.79 Å². The summed E-state index contributed by atoms with van der Waals surface area (Å²) in [5, 5.41) is 0. The molecule has 0 aliphatic rings. The molecule has 0 atom stereocenters. The van der Waals surface area contributed by atoms with E-state index in [4.69, 9.17) is 4.74 Å². The molecule has 7 nitrogen and oxygen atoms in total. The molecule has 0 unspecified atom stereocenters. The molecule has 0 saturated heterocycles. The zero-order chi connectivity index (χ0) is 12.6. The highest BCUT2D eigenvalue weighted by Crippen LogP contribution is 2.17. The van der Waals surface area contributed by atoms with E-state index in [2.05, 4.69) is 15.0 Å². The maximum absolute atomic E-state index is 11.8. The smallest absolute Gasteiger partial charge is 0.298 e. The van der Waals surface area contributed by atoms with Gasteiger partial charge in [-0.1, -0.05) is 0 Å². The van der Waals surface area contributed by atoms with Crippen LogP contribution in [0.1, 0.15) is 6.92 Å². The second-order valence-corrected chi connectivity index (χ2v) is 3.80. The summed E-state index contributed by atoms with van der Waals surface area (Å²) in [5.74, 6) is 0.500. The molecular formula is C10H15N5O2. The Kier molecular flexibility index (Phi) is 2.74. The van der Waals surface area contributed by atoms with Crippen LogP contribution in [-0.2, 0) is 6.54 Å². The van der Waals surface area contributed by atoms with Gasteiger partial charge < -0.3 is 9.64 Å². The van der Waals surface area contributed by atoms with E-state index in [1.807, 2.05) is 21.0 Å². The van der Waals surface area contributed by atoms with Crippen LogP contribution in [0.4, 0.5) is 5.95 Å². The molecule has 1 N–H and O–H groups in total. The van der Waals surface area contributed by atoms with Crippen LogP contribution >= 0.6 is 0 Å². The van der Waals surface area contributed by atoms with Crippen molar-refractivity contribution in [3.05, 3.63) is 10.4 Å². The van der Waals surface area contributed by atoms with Crippen molar-refractivity contribution >= 4 is 17.1 Å². The van der Waals surface area contributed by atoms with Gasteiger partial charge in [0.1, 0.15) is 0 Å². The Morgan fingerprint density at radius 2 is 2.12 bits per heavy atom. The lowest BCUT2D eigenvalue weighted by Gasteiger charge is -2.10. The maximum atomic E-state index is 11.8. The minimum absolute atomic E-state index is 0.260. The van der Waals surface area contributed by atoms with E-state index in [1.165, 1.54) is 7.11 Å². The van der Waals surface area contributed by atoms with Crippen LogP contribution in [0.25, 0.3) is 11.2 Å². The summed E-state index contributed by atoms with van der Waals surface area (Å²) in [4.78, 5) is 24.7. The Balaban J connectivity index is 2.81. The number of rotatable bonds is 3. The number of ether oxygens (including phenoxy) is 1. The van der Waals surface area contributed by atoms with Crippen LogP contribution in [0, 0.1) is 0 Å². The van der Waals surface area contributed by atoms with Crippen molar-refractivity contribution in [2.45, 2.75) is 13.5 Å². The number of methoxy groups -OCH3 is 1. The number of hydrogen-bond acceptors (Lipinski definition) is 5. The molecule has 2 aromatic heterocycles. The van der Waals surface area contributed by atoms with Gasteiger partial charge in [0.25, 0.3) is 11.6 Å². The summed E-state index contributed by atoms with van der Waals surface area (Å²) >= 11 is 0. The molecule has 2 heterocycles. The highest BCUT2D eigenvalue weighted by molar-refractivity contribution is 5.72. The van der Waals surface area contributed by atoms with Crippen molar-refractivity contribution in [2.75, 3.05) is 26.1 Å². The van der Waals surface area contributed by atoms with Gasteiger partial charge in [-0.3, -0.25) is 14.3 Å². The first-order chi connectivity index (χ1) is 8.08. The molecule has 0 aliphatic heterocycles. The lowest BCUT2D eigenvalue weighted by Crippen LogP contribution is -2.19. The standard InChI is InChI=1S/C10H15N5O2/c1-5-15-7-6(11-10(15)17-4)8(16)13-9(12-7)14(2)3/h5H2,1-4H3,(H,12,13,16). The second kappa shape index (κ2) is 4.08. The number of aromatic amines is 1. The summed E-state index contributed by atoms with van der Waals surface area (Å²) in [5.41, 5.74) is 0.579. The molecule has 0 amide bonds. The normalized spacial score (nSPS) is 10.8. The number of hydrogen-bond donors (Lipinski definition) is 1. The van der Waals surface area contributed by atoms with Crippen LogP contribution in [0.2, 0.25) is 0 Å². The van der Waals surface area contributed by atoms with Crippen molar-refractivity contribution in [2.24, 2.45) is 0 Å². The fourth-order valence-electron chi connectivity index (χ4n) is 1.63. The molecule has 0 spiro atoms. The Morgan fingerprint density at radius 3 is 2.65 bits per heavy atom. The Labute approximate surface area is 98.1 Å². The first-order valence-electron chi connectivity index (χ1n) is 5.30. The molecule has 0 aliphatic carbocycles. The van der Waals surface area contributed by atoms with Crippen LogP contribution in [0.5, 0.6) is 6.01 Å². The molecule has 0 bridgehead atoms. The molecule has 0 fully saturated rings. The predicted molar refractivity (Wildman–Crippen MR) is 64.7 cm³/mol. The molecular weight excluding hydrogens is 222 g/mol. The van der Waals surface area contributed by atoms with Gasteiger partial charge in [0, 0.05) is 20.6 Å². The number of anilines is 1. The summed E-state index contributed by atoms with van der Waals surface area (Å²) in [6, 6.07) is 0.399. The number of aromatic nitrogens is 4. The van der Waals surface area contributed by atoms with Crippen LogP contribution in [0.15, 0.2) is 4.79 Å². The number of aryl methyl sites for hydroxylation is 1. The third-order valence-corrected chi connectivity index (χ3v) is 2.48. The molecule has 92 valence electrons. The molecule has 7 heteroatoms.